The molecule has 1 fully saturated rings. The lowest BCUT2D eigenvalue weighted by Crippen LogP contribution is -2.54. The molecule has 2 aliphatic heterocycles. The van der Waals surface area contributed by atoms with Crippen LogP contribution in [0.4, 0.5) is 11.4 Å². The van der Waals surface area contributed by atoms with Gasteiger partial charge in [-0.05, 0) is 75.6 Å². The fourth-order valence-corrected chi connectivity index (χ4v) is 4.37. The van der Waals surface area contributed by atoms with Gasteiger partial charge in [0.1, 0.15) is 5.84 Å². The van der Waals surface area contributed by atoms with E-state index in [1.807, 2.05) is 18.2 Å². The van der Waals surface area contributed by atoms with Crippen molar-refractivity contribution in [3.8, 4) is 0 Å². The number of benzene rings is 2. The van der Waals surface area contributed by atoms with Gasteiger partial charge in [0.05, 0.1) is 23.5 Å². The first kappa shape index (κ1) is 18.3. The van der Waals surface area contributed by atoms with Crippen molar-refractivity contribution >= 4 is 28.8 Å². The van der Waals surface area contributed by atoms with Crippen LogP contribution in [0.5, 0.6) is 0 Å². The number of rotatable bonds is 2. The first-order valence-electron chi connectivity index (χ1n) is 9.77. The van der Waals surface area contributed by atoms with Crippen LogP contribution in [-0.4, -0.2) is 36.4 Å². The zero-order valence-electron chi connectivity index (χ0n) is 15.8. The maximum atomic E-state index is 6.15. The van der Waals surface area contributed by atoms with Crippen LogP contribution in [0.3, 0.4) is 0 Å². The largest absolute Gasteiger partial charge is 0.371 e. The van der Waals surface area contributed by atoms with Crippen LogP contribution in [-0.2, 0) is 6.54 Å². The predicted molar refractivity (Wildman–Crippen MR) is 115 cm³/mol. The number of fused-ring (bicyclic) bond motifs is 1. The predicted octanol–water partition coefficient (Wildman–Crippen LogP) is 5.02. The highest BCUT2D eigenvalue weighted by Gasteiger charge is 2.39. The lowest BCUT2D eigenvalue weighted by molar-refractivity contribution is 0.276. The Morgan fingerprint density at radius 3 is 2.52 bits per heavy atom. The summed E-state index contributed by atoms with van der Waals surface area (Å²) in [6.07, 6.45) is 4.47. The van der Waals surface area contributed by atoms with Gasteiger partial charge in [0.2, 0.25) is 0 Å². The molecule has 27 heavy (non-hydrogen) atoms. The monoisotopic (exact) mass is 382 g/mol. The van der Waals surface area contributed by atoms with Crippen LogP contribution in [0, 0.1) is 0 Å². The molecule has 4 rings (SSSR count). The Balaban J connectivity index is 1.66. The van der Waals surface area contributed by atoms with Gasteiger partial charge in [0.25, 0.3) is 0 Å². The zero-order valence-corrected chi connectivity index (χ0v) is 16.6. The third kappa shape index (κ3) is 4.12. The second kappa shape index (κ2) is 7.91. The van der Waals surface area contributed by atoms with Crippen molar-refractivity contribution in [2.45, 2.75) is 37.8 Å². The molecule has 0 atom stereocenters. The molecule has 0 aliphatic carbocycles. The number of likely N-dealkylation sites (tertiary alicyclic amines) is 1. The molecule has 0 radical (unpaired) electrons. The van der Waals surface area contributed by atoms with Gasteiger partial charge in [-0.3, -0.25) is 4.99 Å². The lowest BCUT2D eigenvalue weighted by Gasteiger charge is -2.43. The van der Waals surface area contributed by atoms with E-state index in [1.165, 1.54) is 5.69 Å². The number of nitrogens with zero attached hydrogens (tertiary/aromatic N) is 2. The summed E-state index contributed by atoms with van der Waals surface area (Å²) >= 11 is 6.15. The molecule has 2 aromatic carbocycles. The number of nitrogens with one attached hydrogen (secondary N) is 2. The molecule has 2 N–H and O–H groups in total. The average Bonchev–Trinajstić information content (AvgIpc) is 2.65. The van der Waals surface area contributed by atoms with Crippen LogP contribution in [0.1, 0.15) is 31.2 Å². The van der Waals surface area contributed by atoms with E-state index in [4.69, 9.17) is 16.6 Å². The summed E-state index contributed by atoms with van der Waals surface area (Å²) in [7, 11) is 2.22. The Bertz CT molecular complexity index is 823. The smallest absolute Gasteiger partial charge is 0.127 e. The van der Waals surface area contributed by atoms with E-state index in [-0.39, 0.29) is 5.54 Å². The number of aliphatic imine (C=N–C) groups is 1. The van der Waals surface area contributed by atoms with Gasteiger partial charge in [-0.25, -0.2) is 0 Å². The third-order valence-corrected chi connectivity index (χ3v) is 5.84. The fourth-order valence-electron chi connectivity index (χ4n) is 4.16. The maximum absolute atomic E-state index is 6.15. The highest BCUT2D eigenvalue weighted by molar-refractivity contribution is 6.30. The molecule has 4 nitrogen and oxygen atoms in total. The molecule has 1 spiro atoms. The standard InChI is InChI=1S/C22H27ClN4/c1-27-13-5-11-22(12-6-14-27)21(24-16-17-7-4-8-18(23)15-17)25-19-9-2-3-10-20(19)26-22/h2-4,7-10,15,26H,5-6,11-14,16H2,1H3,(H,24,25). The number of hydrogen-bond acceptors (Lipinski definition) is 3. The minimum atomic E-state index is -0.117. The van der Waals surface area contributed by atoms with Gasteiger partial charge in [-0.15, -0.1) is 0 Å². The normalized spacial score (nSPS) is 21.0. The Hall–Kier alpha value is -2.04. The van der Waals surface area contributed by atoms with Crippen molar-refractivity contribution in [2.24, 2.45) is 4.99 Å². The molecule has 0 bridgehead atoms. The lowest BCUT2D eigenvalue weighted by atomic mass is 9.83. The maximum Gasteiger partial charge on any atom is 0.127 e. The molecule has 0 amide bonds. The van der Waals surface area contributed by atoms with Gasteiger partial charge < -0.3 is 15.5 Å². The molecule has 5 heteroatoms. The molecule has 0 saturated carbocycles. The van der Waals surface area contributed by atoms with Crippen molar-refractivity contribution in [3.63, 3.8) is 0 Å². The van der Waals surface area contributed by atoms with E-state index in [1.54, 1.807) is 0 Å². The van der Waals surface area contributed by atoms with Crippen molar-refractivity contribution in [2.75, 3.05) is 30.8 Å². The Morgan fingerprint density at radius 1 is 1.04 bits per heavy atom. The highest BCUT2D eigenvalue weighted by atomic mass is 35.5. The zero-order chi connectivity index (χ0) is 18.7. The molecule has 0 aromatic heterocycles. The van der Waals surface area contributed by atoms with Crippen LogP contribution >= 0.6 is 11.6 Å². The molecular formula is C22H27ClN4. The Labute approximate surface area is 166 Å². The van der Waals surface area contributed by atoms with Crippen LogP contribution in [0.25, 0.3) is 0 Å². The fraction of sp³-hybridized carbons (Fsp3) is 0.409. The van der Waals surface area contributed by atoms with Crippen molar-refractivity contribution in [1.82, 2.24) is 4.90 Å². The van der Waals surface area contributed by atoms with Crippen LogP contribution in [0.2, 0.25) is 5.02 Å². The average molecular weight is 383 g/mol. The van der Waals surface area contributed by atoms with Crippen molar-refractivity contribution < 1.29 is 0 Å². The van der Waals surface area contributed by atoms with E-state index in [2.05, 4.69) is 52.9 Å². The third-order valence-electron chi connectivity index (χ3n) is 5.60. The minimum Gasteiger partial charge on any atom is -0.371 e. The molecule has 2 heterocycles. The van der Waals surface area contributed by atoms with Gasteiger partial charge in [0.15, 0.2) is 0 Å². The SMILES string of the molecule is CN1CCCC2(CCC1)Nc1ccccc1NC2=NCc1cccc(Cl)c1. The van der Waals surface area contributed by atoms with E-state index in [9.17, 15) is 0 Å². The summed E-state index contributed by atoms with van der Waals surface area (Å²) in [6.45, 7) is 2.90. The molecule has 1 saturated heterocycles. The summed E-state index contributed by atoms with van der Waals surface area (Å²) in [4.78, 5) is 7.46. The second-order valence-corrected chi connectivity index (χ2v) is 8.12. The van der Waals surface area contributed by atoms with Crippen molar-refractivity contribution in [1.29, 1.82) is 0 Å². The topological polar surface area (TPSA) is 39.7 Å². The molecule has 0 unspecified atom stereocenters. The van der Waals surface area contributed by atoms with Gasteiger partial charge >= 0.3 is 0 Å². The number of amidine groups is 1. The molecule has 2 aliphatic rings. The second-order valence-electron chi connectivity index (χ2n) is 7.68. The van der Waals surface area contributed by atoms with Gasteiger partial charge in [-0.1, -0.05) is 35.9 Å². The van der Waals surface area contributed by atoms with Crippen LogP contribution < -0.4 is 10.6 Å². The summed E-state index contributed by atoms with van der Waals surface area (Å²) in [5, 5.41) is 8.26. The Morgan fingerprint density at radius 2 is 1.78 bits per heavy atom. The molecule has 2 aromatic rings. The highest BCUT2D eigenvalue weighted by Crippen LogP contribution is 2.37. The number of halogens is 1. The summed E-state index contributed by atoms with van der Waals surface area (Å²) in [6, 6.07) is 16.4. The van der Waals surface area contributed by atoms with Gasteiger partial charge in [-0.2, -0.15) is 0 Å². The summed E-state index contributed by atoms with van der Waals surface area (Å²) in [5.41, 5.74) is 3.30. The van der Waals surface area contributed by atoms with Gasteiger partial charge in [0, 0.05) is 5.02 Å². The van der Waals surface area contributed by atoms with Crippen LogP contribution in [0.15, 0.2) is 53.5 Å². The van der Waals surface area contributed by atoms with E-state index >= 15 is 0 Å². The van der Waals surface area contributed by atoms with E-state index in [0.717, 1.165) is 60.9 Å². The van der Waals surface area contributed by atoms with E-state index in [0.29, 0.717) is 6.54 Å². The first-order chi connectivity index (χ1) is 13.1. The quantitative estimate of drug-likeness (QED) is 0.765. The molecule has 142 valence electrons. The van der Waals surface area contributed by atoms with Crippen molar-refractivity contribution in [3.05, 3.63) is 59.1 Å². The number of para-hydroxylation sites is 2. The number of hydrogen-bond donors (Lipinski definition) is 2. The Kier molecular flexibility index (Phi) is 5.37. The summed E-state index contributed by atoms with van der Waals surface area (Å²) < 4.78 is 0. The minimum absolute atomic E-state index is 0.117. The first-order valence-corrected chi connectivity index (χ1v) is 10.1. The summed E-state index contributed by atoms with van der Waals surface area (Å²) in [5.74, 6) is 1.06. The van der Waals surface area contributed by atoms with E-state index < -0.39 is 0 Å². The number of anilines is 2. The molecular weight excluding hydrogens is 356 g/mol.